The van der Waals surface area contributed by atoms with Crippen molar-refractivity contribution in [2.45, 2.75) is 46.6 Å². The fourth-order valence-corrected chi connectivity index (χ4v) is 2.27. The van der Waals surface area contributed by atoms with Gasteiger partial charge in [0.15, 0.2) is 0 Å². The van der Waals surface area contributed by atoms with Crippen LogP contribution in [0.3, 0.4) is 0 Å². The van der Waals surface area contributed by atoms with Gasteiger partial charge in [0, 0.05) is 7.00 Å². The molecule has 0 bridgehead atoms. The third kappa shape index (κ3) is 3.22. The molecule has 1 heterocycles. The van der Waals surface area contributed by atoms with E-state index in [1.54, 1.807) is 0 Å². The Kier molecular flexibility index (Phi) is 5.63. The summed E-state index contributed by atoms with van der Waals surface area (Å²) >= 11 is 0. The Morgan fingerprint density at radius 2 is 1.89 bits per heavy atom. The van der Waals surface area contributed by atoms with Crippen LogP contribution in [0.1, 0.15) is 53.6 Å². The molecule has 1 aromatic carbocycles. The number of carbonyl (C=O) groups is 1. The van der Waals surface area contributed by atoms with Crippen molar-refractivity contribution < 1.29 is 6.22 Å². The van der Waals surface area contributed by atoms with Gasteiger partial charge in [-0.05, 0) is 25.3 Å². The molecule has 0 saturated carbocycles. The molecule has 1 aliphatic rings. The Hall–Kier alpha value is -1.57. The molecule has 1 atom stereocenters. The van der Waals surface area contributed by atoms with Gasteiger partial charge in [-0.1, -0.05) is 56.7 Å². The van der Waals surface area contributed by atoms with Gasteiger partial charge >= 0.3 is 0 Å². The van der Waals surface area contributed by atoms with E-state index in [2.05, 4.69) is 24.4 Å². The number of rotatable bonds is 2. The molecule has 1 unspecified atom stereocenters. The number of carbonyl (C=O) groups excluding carboxylic acids is 1. The fraction of sp³-hybridized carbons (Fsp3) is 0.438. The standard InChI is InChI=1S/C14H17NO.C2H6.H2/c1-3-12-10(2)9-13(15-14(12)16)11-7-5-4-6-8-11;1-2;/h4-8,13H,3,9H2,1-2H3,(H,15,16);1-2H3;1H. The minimum absolute atomic E-state index is 0. The Balaban J connectivity index is 0.00000103. The van der Waals surface area contributed by atoms with Crippen LogP contribution >= 0.6 is 0 Å². The lowest BCUT2D eigenvalue weighted by Crippen LogP contribution is -2.34. The first-order chi connectivity index (χ1) is 8.72. The van der Waals surface area contributed by atoms with Crippen LogP contribution < -0.4 is 5.32 Å². The minimum atomic E-state index is 0. The summed E-state index contributed by atoms with van der Waals surface area (Å²) in [5.74, 6) is 0.0973. The van der Waals surface area contributed by atoms with Crippen molar-refractivity contribution >= 4 is 5.91 Å². The zero-order valence-corrected chi connectivity index (χ0v) is 11.8. The van der Waals surface area contributed by atoms with Crippen LogP contribution in [-0.4, -0.2) is 5.91 Å². The highest BCUT2D eigenvalue weighted by Gasteiger charge is 2.24. The van der Waals surface area contributed by atoms with E-state index in [0.717, 1.165) is 18.4 Å². The molecule has 0 spiro atoms. The van der Waals surface area contributed by atoms with Crippen molar-refractivity contribution in [2.75, 3.05) is 0 Å². The quantitative estimate of drug-likeness (QED) is 0.831. The lowest BCUT2D eigenvalue weighted by Gasteiger charge is -2.26. The van der Waals surface area contributed by atoms with E-state index in [9.17, 15) is 4.79 Å². The molecule has 0 aliphatic carbocycles. The van der Waals surface area contributed by atoms with E-state index < -0.39 is 0 Å². The second kappa shape index (κ2) is 7.00. The number of hydrogen-bond acceptors (Lipinski definition) is 1. The zero-order chi connectivity index (χ0) is 13.5. The molecular weight excluding hydrogens is 222 g/mol. The average molecular weight is 247 g/mol. The number of nitrogens with one attached hydrogen (secondary N) is 1. The van der Waals surface area contributed by atoms with Crippen molar-refractivity contribution in [2.24, 2.45) is 0 Å². The molecule has 0 aromatic heterocycles. The minimum Gasteiger partial charge on any atom is -0.345 e. The van der Waals surface area contributed by atoms with Crippen LogP contribution in [-0.2, 0) is 4.79 Å². The van der Waals surface area contributed by atoms with Crippen molar-refractivity contribution in [3.05, 3.63) is 47.0 Å². The number of amides is 1. The molecular formula is C16H25NO. The molecule has 100 valence electrons. The molecule has 0 fully saturated rings. The predicted molar refractivity (Wildman–Crippen MR) is 78.4 cm³/mol. The lowest BCUT2D eigenvalue weighted by molar-refractivity contribution is -0.118. The third-order valence-corrected chi connectivity index (χ3v) is 3.16. The topological polar surface area (TPSA) is 29.1 Å². The van der Waals surface area contributed by atoms with Crippen molar-refractivity contribution in [1.82, 2.24) is 5.32 Å². The monoisotopic (exact) mass is 247 g/mol. The largest absolute Gasteiger partial charge is 0.345 e. The first kappa shape index (κ1) is 14.5. The second-order valence-electron chi connectivity index (χ2n) is 4.25. The van der Waals surface area contributed by atoms with Crippen LogP contribution in [0.2, 0.25) is 0 Å². The van der Waals surface area contributed by atoms with Gasteiger partial charge in [-0.15, -0.1) is 0 Å². The highest BCUT2D eigenvalue weighted by atomic mass is 16.1. The van der Waals surface area contributed by atoms with Crippen molar-refractivity contribution in [1.29, 1.82) is 0 Å². The third-order valence-electron chi connectivity index (χ3n) is 3.16. The summed E-state index contributed by atoms with van der Waals surface area (Å²) in [6.07, 6.45) is 1.75. The molecule has 2 nitrogen and oxygen atoms in total. The molecule has 2 rings (SSSR count). The zero-order valence-electron chi connectivity index (χ0n) is 11.8. The Morgan fingerprint density at radius 1 is 1.28 bits per heavy atom. The highest BCUT2D eigenvalue weighted by molar-refractivity contribution is 5.95. The number of benzene rings is 1. The van der Waals surface area contributed by atoms with Gasteiger partial charge in [0.25, 0.3) is 0 Å². The van der Waals surface area contributed by atoms with Gasteiger partial charge in [-0.3, -0.25) is 4.79 Å². The Labute approximate surface area is 112 Å². The fourth-order valence-electron chi connectivity index (χ4n) is 2.27. The highest BCUT2D eigenvalue weighted by Crippen LogP contribution is 2.28. The maximum atomic E-state index is 11.9. The summed E-state index contributed by atoms with van der Waals surface area (Å²) in [4.78, 5) is 11.9. The van der Waals surface area contributed by atoms with E-state index in [1.165, 1.54) is 11.1 Å². The van der Waals surface area contributed by atoms with Crippen molar-refractivity contribution in [3.63, 3.8) is 0 Å². The summed E-state index contributed by atoms with van der Waals surface area (Å²) in [5.41, 5.74) is 3.36. The Bertz CT molecular complexity index is 426. The van der Waals surface area contributed by atoms with E-state index in [4.69, 9.17) is 0 Å². The maximum Gasteiger partial charge on any atom is 0.247 e. The normalized spacial score (nSPS) is 18.9. The molecule has 1 N–H and O–H groups in total. The van der Waals surface area contributed by atoms with Gasteiger partial charge in [0.05, 0.1) is 6.04 Å². The first-order valence-electron chi connectivity index (χ1n) is 6.76. The van der Waals surface area contributed by atoms with Crippen LogP contribution in [0.4, 0.5) is 0 Å². The van der Waals surface area contributed by atoms with E-state index in [1.807, 2.05) is 39.0 Å². The first-order valence-corrected chi connectivity index (χ1v) is 6.76. The molecule has 0 saturated heterocycles. The van der Waals surface area contributed by atoms with Gasteiger partial charge in [0.1, 0.15) is 0 Å². The summed E-state index contributed by atoms with van der Waals surface area (Å²) in [5, 5.41) is 3.07. The molecule has 18 heavy (non-hydrogen) atoms. The van der Waals surface area contributed by atoms with Crippen LogP contribution in [0.15, 0.2) is 41.5 Å². The van der Waals surface area contributed by atoms with Gasteiger partial charge < -0.3 is 5.32 Å². The SMILES string of the molecule is CC.CCC1=C(C)CC(c2ccccc2)NC1=O.[HH]. The summed E-state index contributed by atoms with van der Waals surface area (Å²) in [6.45, 7) is 8.09. The van der Waals surface area contributed by atoms with Crippen LogP contribution in [0.25, 0.3) is 0 Å². The lowest BCUT2D eigenvalue weighted by atomic mass is 9.91. The molecule has 1 amide bonds. The summed E-state index contributed by atoms with van der Waals surface area (Å²) < 4.78 is 0. The average Bonchev–Trinajstić information content (AvgIpc) is 2.41. The van der Waals surface area contributed by atoms with Gasteiger partial charge in [-0.25, -0.2) is 0 Å². The number of hydrogen-bond donors (Lipinski definition) is 1. The van der Waals surface area contributed by atoms with Crippen molar-refractivity contribution in [3.8, 4) is 0 Å². The maximum absolute atomic E-state index is 11.9. The van der Waals surface area contributed by atoms with Gasteiger partial charge in [-0.2, -0.15) is 0 Å². The molecule has 1 aromatic rings. The summed E-state index contributed by atoms with van der Waals surface area (Å²) in [6, 6.07) is 10.3. The molecule has 0 radical (unpaired) electrons. The van der Waals surface area contributed by atoms with Gasteiger partial charge in [0.2, 0.25) is 5.91 Å². The van der Waals surface area contributed by atoms with E-state index >= 15 is 0 Å². The van der Waals surface area contributed by atoms with E-state index in [-0.39, 0.29) is 13.4 Å². The Morgan fingerprint density at radius 3 is 2.39 bits per heavy atom. The van der Waals surface area contributed by atoms with E-state index in [0.29, 0.717) is 0 Å². The second-order valence-corrected chi connectivity index (χ2v) is 4.25. The molecule has 1 aliphatic heterocycles. The smallest absolute Gasteiger partial charge is 0.247 e. The summed E-state index contributed by atoms with van der Waals surface area (Å²) in [7, 11) is 0. The predicted octanol–water partition coefficient (Wildman–Crippen LogP) is 4.25. The van der Waals surface area contributed by atoms with Crippen LogP contribution in [0, 0.1) is 0 Å². The van der Waals surface area contributed by atoms with Crippen LogP contribution in [0.5, 0.6) is 0 Å². The molecule has 2 heteroatoms.